The summed E-state index contributed by atoms with van der Waals surface area (Å²) in [5.41, 5.74) is 8.71. The Morgan fingerprint density at radius 1 is 1.48 bits per heavy atom. The Labute approximate surface area is 124 Å². The zero-order valence-corrected chi connectivity index (χ0v) is 12.2. The highest BCUT2D eigenvalue weighted by Gasteiger charge is 2.27. The number of hydrogen-bond donors (Lipinski definition) is 2. The fourth-order valence-electron chi connectivity index (χ4n) is 2.96. The fourth-order valence-corrected chi connectivity index (χ4v) is 2.96. The molecular formula is C16H20N4O. The molecule has 21 heavy (non-hydrogen) atoms. The maximum Gasteiger partial charge on any atom is 0.236 e. The van der Waals surface area contributed by atoms with Crippen LogP contribution in [0.25, 0.3) is 10.9 Å². The Balaban J connectivity index is 1.95. The van der Waals surface area contributed by atoms with E-state index >= 15 is 0 Å². The number of carbonyl (C=O) groups excluding carboxylic acids is 1. The minimum absolute atomic E-state index is 0.244. The number of benzene rings is 1. The summed E-state index contributed by atoms with van der Waals surface area (Å²) in [6.45, 7) is 5.05. The van der Waals surface area contributed by atoms with Gasteiger partial charge in [-0.1, -0.05) is 18.2 Å². The lowest BCUT2D eigenvalue weighted by Gasteiger charge is -2.34. The van der Waals surface area contributed by atoms with Gasteiger partial charge >= 0.3 is 0 Å². The third kappa shape index (κ3) is 2.89. The van der Waals surface area contributed by atoms with Crippen molar-refractivity contribution in [3.05, 3.63) is 41.6 Å². The van der Waals surface area contributed by atoms with Crippen LogP contribution in [0.2, 0.25) is 0 Å². The lowest BCUT2D eigenvalue weighted by atomic mass is 10.1. The van der Waals surface area contributed by atoms with Crippen LogP contribution in [-0.2, 0) is 11.3 Å². The minimum atomic E-state index is -0.266. The Morgan fingerprint density at radius 2 is 2.29 bits per heavy atom. The van der Waals surface area contributed by atoms with Crippen molar-refractivity contribution in [3.63, 3.8) is 0 Å². The Kier molecular flexibility index (Phi) is 3.86. The molecule has 2 aromatic rings. The molecule has 0 saturated carbocycles. The summed E-state index contributed by atoms with van der Waals surface area (Å²) in [4.78, 5) is 18.3. The molecule has 5 heteroatoms. The Bertz CT molecular complexity index is 670. The molecule has 1 amide bonds. The molecule has 0 aliphatic carbocycles. The Hall–Kier alpha value is -1.98. The highest BCUT2D eigenvalue weighted by molar-refractivity contribution is 5.83. The number of carbonyl (C=O) groups is 1. The second kappa shape index (κ2) is 5.79. The summed E-state index contributed by atoms with van der Waals surface area (Å²) in [6.07, 6.45) is 0. The highest BCUT2D eigenvalue weighted by atomic mass is 16.1. The van der Waals surface area contributed by atoms with Gasteiger partial charge < -0.3 is 11.1 Å². The van der Waals surface area contributed by atoms with Crippen molar-refractivity contribution in [3.8, 4) is 0 Å². The van der Waals surface area contributed by atoms with Gasteiger partial charge in [-0.05, 0) is 24.6 Å². The third-order valence-corrected chi connectivity index (χ3v) is 3.99. The van der Waals surface area contributed by atoms with Gasteiger partial charge in [-0.15, -0.1) is 0 Å². The number of aryl methyl sites for hydroxylation is 1. The molecule has 1 aliphatic heterocycles. The van der Waals surface area contributed by atoms with Gasteiger partial charge in [0.25, 0.3) is 0 Å². The van der Waals surface area contributed by atoms with Crippen molar-refractivity contribution in [1.82, 2.24) is 15.2 Å². The van der Waals surface area contributed by atoms with Crippen molar-refractivity contribution in [2.45, 2.75) is 19.5 Å². The number of para-hydroxylation sites is 1. The lowest BCUT2D eigenvalue weighted by Crippen LogP contribution is -2.56. The van der Waals surface area contributed by atoms with E-state index < -0.39 is 0 Å². The molecule has 1 unspecified atom stereocenters. The average Bonchev–Trinajstić information content (AvgIpc) is 2.47. The first-order valence-corrected chi connectivity index (χ1v) is 7.24. The number of primary amides is 1. The second-order valence-electron chi connectivity index (χ2n) is 5.53. The van der Waals surface area contributed by atoms with E-state index in [4.69, 9.17) is 5.73 Å². The number of piperazine rings is 1. The second-order valence-corrected chi connectivity index (χ2v) is 5.53. The van der Waals surface area contributed by atoms with Crippen LogP contribution >= 0.6 is 0 Å². The van der Waals surface area contributed by atoms with Crippen LogP contribution in [-0.4, -0.2) is 41.5 Å². The molecule has 2 heterocycles. The van der Waals surface area contributed by atoms with Crippen molar-refractivity contribution >= 4 is 16.8 Å². The van der Waals surface area contributed by atoms with E-state index in [1.165, 1.54) is 5.56 Å². The number of hydrogen-bond acceptors (Lipinski definition) is 4. The summed E-state index contributed by atoms with van der Waals surface area (Å²) in [7, 11) is 0. The van der Waals surface area contributed by atoms with E-state index in [0.717, 1.165) is 36.2 Å². The molecule has 1 atom stereocenters. The maximum absolute atomic E-state index is 11.6. The van der Waals surface area contributed by atoms with Crippen LogP contribution in [0, 0.1) is 6.92 Å². The predicted molar refractivity (Wildman–Crippen MR) is 82.7 cm³/mol. The van der Waals surface area contributed by atoms with Crippen LogP contribution in [0.3, 0.4) is 0 Å². The van der Waals surface area contributed by atoms with Crippen molar-refractivity contribution < 1.29 is 4.79 Å². The first-order chi connectivity index (χ1) is 10.1. The van der Waals surface area contributed by atoms with Gasteiger partial charge in [-0.3, -0.25) is 14.7 Å². The van der Waals surface area contributed by atoms with E-state index in [2.05, 4.69) is 27.3 Å². The van der Waals surface area contributed by atoms with Crippen LogP contribution in [0.15, 0.2) is 30.3 Å². The molecule has 0 radical (unpaired) electrons. The number of amides is 1. The minimum Gasteiger partial charge on any atom is -0.368 e. The number of nitrogens with one attached hydrogen (secondary N) is 1. The van der Waals surface area contributed by atoms with Crippen LogP contribution in [0.4, 0.5) is 0 Å². The number of nitrogens with two attached hydrogens (primary N) is 1. The molecular weight excluding hydrogens is 264 g/mol. The molecule has 110 valence electrons. The maximum atomic E-state index is 11.6. The topological polar surface area (TPSA) is 71.2 Å². The number of pyridine rings is 1. The zero-order chi connectivity index (χ0) is 14.8. The van der Waals surface area contributed by atoms with E-state index in [0.29, 0.717) is 6.54 Å². The van der Waals surface area contributed by atoms with Gasteiger partial charge in [0.1, 0.15) is 6.04 Å². The third-order valence-electron chi connectivity index (χ3n) is 3.99. The number of nitrogens with zero attached hydrogens (tertiary/aromatic N) is 2. The van der Waals surface area contributed by atoms with Crippen LogP contribution < -0.4 is 11.1 Å². The molecule has 1 aliphatic rings. The van der Waals surface area contributed by atoms with E-state index in [-0.39, 0.29) is 11.9 Å². The highest BCUT2D eigenvalue weighted by Crippen LogP contribution is 2.21. The van der Waals surface area contributed by atoms with Crippen molar-refractivity contribution in [1.29, 1.82) is 0 Å². The number of rotatable bonds is 3. The summed E-state index contributed by atoms with van der Waals surface area (Å²) < 4.78 is 0. The smallest absolute Gasteiger partial charge is 0.236 e. The van der Waals surface area contributed by atoms with Gasteiger partial charge in [0.2, 0.25) is 5.91 Å². The normalized spacial score (nSPS) is 19.8. The van der Waals surface area contributed by atoms with Crippen LogP contribution in [0.1, 0.15) is 11.3 Å². The summed E-state index contributed by atoms with van der Waals surface area (Å²) in [5, 5.41) is 4.37. The first kappa shape index (κ1) is 14.0. The predicted octanol–water partition coefficient (Wildman–Crippen LogP) is 0.802. The number of fused-ring (bicyclic) bond motifs is 1. The van der Waals surface area contributed by atoms with Crippen LogP contribution in [0.5, 0.6) is 0 Å². The van der Waals surface area contributed by atoms with Gasteiger partial charge in [0, 0.05) is 37.3 Å². The van der Waals surface area contributed by atoms with Crippen molar-refractivity contribution in [2.24, 2.45) is 5.73 Å². The fraction of sp³-hybridized carbons (Fsp3) is 0.375. The van der Waals surface area contributed by atoms with Gasteiger partial charge in [0.15, 0.2) is 0 Å². The van der Waals surface area contributed by atoms with E-state index in [1.54, 1.807) is 0 Å². The average molecular weight is 284 g/mol. The molecule has 1 fully saturated rings. The van der Waals surface area contributed by atoms with Gasteiger partial charge in [0.05, 0.1) is 5.52 Å². The SMILES string of the molecule is Cc1cc(CN2CCNCC2C(N)=O)c2ccccc2n1. The largest absolute Gasteiger partial charge is 0.368 e. The zero-order valence-electron chi connectivity index (χ0n) is 12.2. The standard InChI is InChI=1S/C16H20N4O/c1-11-8-12(13-4-2-3-5-14(13)19-11)10-20-7-6-18-9-15(20)16(17)21/h2-5,8,15,18H,6-7,9-10H2,1H3,(H2,17,21). The van der Waals surface area contributed by atoms with E-state index in [1.807, 2.05) is 25.1 Å². The van der Waals surface area contributed by atoms with E-state index in [9.17, 15) is 4.79 Å². The van der Waals surface area contributed by atoms with Gasteiger partial charge in [-0.25, -0.2) is 0 Å². The molecule has 3 N–H and O–H groups in total. The quantitative estimate of drug-likeness (QED) is 0.874. The number of aromatic nitrogens is 1. The summed E-state index contributed by atoms with van der Waals surface area (Å²) in [6, 6.07) is 9.98. The molecule has 0 spiro atoms. The Morgan fingerprint density at radius 3 is 3.10 bits per heavy atom. The van der Waals surface area contributed by atoms with Crippen molar-refractivity contribution in [2.75, 3.05) is 19.6 Å². The molecule has 1 aromatic carbocycles. The van der Waals surface area contributed by atoms with Gasteiger partial charge in [-0.2, -0.15) is 0 Å². The monoisotopic (exact) mass is 284 g/mol. The lowest BCUT2D eigenvalue weighted by molar-refractivity contribution is -0.124. The molecule has 0 bridgehead atoms. The molecule has 5 nitrogen and oxygen atoms in total. The summed E-state index contributed by atoms with van der Waals surface area (Å²) in [5.74, 6) is -0.266. The molecule has 3 rings (SSSR count). The first-order valence-electron chi connectivity index (χ1n) is 7.24. The summed E-state index contributed by atoms with van der Waals surface area (Å²) >= 11 is 0. The molecule has 1 saturated heterocycles. The molecule has 1 aromatic heterocycles.